The molecule has 1 N–H and O–H groups in total. The normalized spacial score (nSPS) is 23.9. The molecule has 0 bridgehead atoms. The fourth-order valence-corrected chi connectivity index (χ4v) is 5.45. The molecule has 0 spiro atoms. The Bertz CT molecular complexity index is 1120. The summed E-state index contributed by atoms with van der Waals surface area (Å²) in [7, 11) is 0. The smallest absolute Gasteiger partial charge is 0.337 e. The van der Waals surface area contributed by atoms with Gasteiger partial charge < -0.3 is 14.5 Å². The highest BCUT2D eigenvalue weighted by molar-refractivity contribution is 6.04. The minimum Gasteiger partial charge on any atom is -0.469 e. The van der Waals surface area contributed by atoms with Crippen LogP contribution in [-0.2, 0) is 14.3 Å². The van der Waals surface area contributed by atoms with Gasteiger partial charge in [0.05, 0.1) is 11.8 Å². The van der Waals surface area contributed by atoms with Crippen molar-refractivity contribution in [3.63, 3.8) is 0 Å². The number of hydrogen-bond donors (Lipinski definition) is 1. The van der Waals surface area contributed by atoms with E-state index in [2.05, 4.69) is 5.32 Å². The average molecular weight is 450 g/mol. The summed E-state index contributed by atoms with van der Waals surface area (Å²) < 4.78 is 25.7. The standard InChI is InChI=1S/C27H28FNO4/c1-16-24(27(31)33-20-9-3-2-4-10-20)25(17-7-5-8-19(28)13-17)26-21(29-16)14-18(15-22(26)30)23-11-6-12-32-23/h5-8,11-13,18,20,25,29H,2-4,9-10,14-15H2,1H3/t18-,25+/m1/s1. The predicted molar refractivity (Wildman–Crippen MR) is 121 cm³/mol. The quantitative estimate of drug-likeness (QED) is 0.611. The molecule has 0 saturated heterocycles. The highest BCUT2D eigenvalue weighted by Gasteiger charge is 2.42. The number of allylic oxidation sites excluding steroid dienone is 3. The van der Waals surface area contributed by atoms with Crippen molar-refractivity contribution in [2.45, 2.75) is 69.8 Å². The first kappa shape index (κ1) is 21.7. The number of hydrogen-bond acceptors (Lipinski definition) is 5. The third-order valence-electron chi connectivity index (χ3n) is 7.00. The summed E-state index contributed by atoms with van der Waals surface area (Å²) in [6.45, 7) is 1.83. The molecule has 5 nitrogen and oxygen atoms in total. The maximum atomic E-state index is 14.2. The number of halogens is 1. The maximum absolute atomic E-state index is 14.2. The monoisotopic (exact) mass is 449 g/mol. The molecular weight excluding hydrogens is 421 g/mol. The van der Waals surface area contributed by atoms with Gasteiger partial charge in [-0.3, -0.25) is 4.79 Å². The fraction of sp³-hybridized carbons (Fsp3) is 0.407. The minimum atomic E-state index is -0.655. The van der Waals surface area contributed by atoms with E-state index in [1.54, 1.807) is 18.4 Å². The SMILES string of the molecule is CC1=C(C(=O)OC2CCCCC2)[C@H](c2cccc(F)c2)C2=C(C[C@@H](c3ccco3)CC2=O)N1. The molecule has 5 rings (SSSR count). The largest absolute Gasteiger partial charge is 0.469 e. The number of dihydropyridines is 1. The Morgan fingerprint density at radius 3 is 2.67 bits per heavy atom. The molecule has 172 valence electrons. The molecule has 0 amide bonds. The van der Waals surface area contributed by atoms with Crippen LogP contribution in [0.25, 0.3) is 0 Å². The predicted octanol–water partition coefficient (Wildman–Crippen LogP) is 5.66. The van der Waals surface area contributed by atoms with E-state index < -0.39 is 17.7 Å². The molecule has 1 aromatic carbocycles. The lowest BCUT2D eigenvalue weighted by Gasteiger charge is -2.36. The van der Waals surface area contributed by atoms with Gasteiger partial charge in [-0.25, -0.2) is 9.18 Å². The third kappa shape index (κ3) is 4.26. The summed E-state index contributed by atoms with van der Waals surface area (Å²) in [5.74, 6) is -0.845. The van der Waals surface area contributed by atoms with E-state index in [9.17, 15) is 14.0 Å². The van der Waals surface area contributed by atoms with Crippen LogP contribution in [0.15, 0.2) is 69.6 Å². The summed E-state index contributed by atoms with van der Waals surface area (Å²) in [6.07, 6.45) is 7.32. The molecule has 3 aliphatic rings. The van der Waals surface area contributed by atoms with E-state index in [0.29, 0.717) is 28.8 Å². The van der Waals surface area contributed by atoms with E-state index in [1.807, 2.05) is 19.1 Å². The molecule has 2 aliphatic carbocycles. The molecule has 2 aromatic rings. The third-order valence-corrected chi connectivity index (χ3v) is 7.00. The van der Waals surface area contributed by atoms with Gasteiger partial charge in [-0.2, -0.15) is 0 Å². The molecule has 1 aliphatic heterocycles. The van der Waals surface area contributed by atoms with Gasteiger partial charge in [-0.1, -0.05) is 18.6 Å². The van der Waals surface area contributed by atoms with E-state index in [-0.39, 0.29) is 24.2 Å². The van der Waals surface area contributed by atoms with Crippen molar-refractivity contribution >= 4 is 11.8 Å². The van der Waals surface area contributed by atoms with Gasteiger partial charge in [0.25, 0.3) is 0 Å². The highest BCUT2D eigenvalue weighted by Crippen LogP contribution is 2.46. The van der Waals surface area contributed by atoms with Crippen LogP contribution >= 0.6 is 0 Å². The molecule has 2 atom stereocenters. The number of benzene rings is 1. The van der Waals surface area contributed by atoms with Crippen molar-refractivity contribution in [3.8, 4) is 0 Å². The number of ketones is 1. The number of Topliss-reactive ketones (excluding diaryl/α,β-unsaturated/α-hetero) is 1. The van der Waals surface area contributed by atoms with Crippen molar-refractivity contribution < 1.29 is 23.1 Å². The number of carbonyl (C=O) groups is 2. The highest BCUT2D eigenvalue weighted by atomic mass is 19.1. The lowest BCUT2D eigenvalue weighted by molar-refractivity contribution is -0.146. The topological polar surface area (TPSA) is 68.5 Å². The summed E-state index contributed by atoms with van der Waals surface area (Å²) in [5, 5.41) is 3.33. The number of esters is 1. The molecule has 0 unspecified atom stereocenters. The molecule has 6 heteroatoms. The van der Waals surface area contributed by atoms with Crippen LogP contribution in [0.4, 0.5) is 4.39 Å². The second kappa shape index (κ2) is 9.00. The Morgan fingerprint density at radius 2 is 1.94 bits per heavy atom. The summed E-state index contributed by atoms with van der Waals surface area (Å²) in [5.41, 5.74) is 2.94. The van der Waals surface area contributed by atoms with Crippen molar-refractivity contribution in [2.24, 2.45) is 0 Å². The number of nitrogens with one attached hydrogen (secondary N) is 1. The van der Waals surface area contributed by atoms with E-state index >= 15 is 0 Å². The van der Waals surface area contributed by atoms with Crippen LogP contribution < -0.4 is 5.32 Å². The van der Waals surface area contributed by atoms with Crippen molar-refractivity contribution in [1.29, 1.82) is 0 Å². The summed E-state index contributed by atoms with van der Waals surface area (Å²) in [4.78, 5) is 26.9. The molecule has 1 saturated carbocycles. The van der Waals surface area contributed by atoms with Gasteiger partial charge in [0, 0.05) is 35.2 Å². The molecule has 33 heavy (non-hydrogen) atoms. The Morgan fingerprint density at radius 1 is 1.12 bits per heavy atom. The second-order valence-corrected chi connectivity index (χ2v) is 9.25. The lowest BCUT2D eigenvalue weighted by Crippen LogP contribution is -2.37. The number of rotatable bonds is 4. The van der Waals surface area contributed by atoms with E-state index in [4.69, 9.17) is 9.15 Å². The van der Waals surface area contributed by atoms with Crippen LogP contribution in [0.1, 0.15) is 75.0 Å². The van der Waals surface area contributed by atoms with Crippen molar-refractivity contribution in [2.75, 3.05) is 0 Å². The number of carbonyl (C=O) groups excluding carboxylic acids is 2. The van der Waals surface area contributed by atoms with Crippen LogP contribution in [0, 0.1) is 5.82 Å². The van der Waals surface area contributed by atoms with E-state index in [1.165, 1.54) is 12.1 Å². The van der Waals surface area contributed by atoms with Gasteiger partial charge >= 0.3 is 5.97 Å². The maximum Gasteiger partial charge on any atom is 0.337 e. The van der Waals surface area contributed by atoms with Crippen LogP contribution in [0.3, 0.4) is 0 Å². The first-order valence-corrected chi connectivity index (χ1v) is 11.7. The molecular formula is C27H28FNO4. The van der Waals surface area contributed by atoms with Gasteiger partial charge in [0.2, 0.25) is 0 Å². The van der Waals surface area contributed by atoms with Gasteiger partial charge in [0.1, 0.15) is 17.7 Å². The van der Waals surface area contributed by atoms with E-state index in [0.717, 1.165) is 43.6 Å². The Balaban J connectivity index is 1.53. The Hall–Kier alpha value is -3.15. The van der Waals surface area contributed by atoms with Gasteiger partial charge in [-0.15, -0.1) is 0 Å². The lowest BCUT2D eigenvalue weighted by atomic mass is 9.72. The van der Waals surface area contributed by atoms with Crippen molar-refractivity contribution in [1.82, 2.24) is 5.32 Å². The minimum absolute atomic E-state index is 0.0603. The number of furan rings is 1. The molecule has 2 heterocycles. The Kier molecular flexibility index (Phi) is 5.92. The molecule has 1 aromatic heterocycles. The van der Waals surface area contributed by atoms with Gasteiger partial charge in [0.15, 0.2) is 5.78 Å². The number of ether oxygens (including phenoxy) is 1. The Labute approximate surface area is 192 Å². The van der Waals surface area contributed by atoms with Crippen LogP contribution in [0.2, 0.25) is 0 Å². The van der Waals surface area contributed by atoms with Crippen LogP contribution in [0.5, 0.6) is 0 Å². The fourth-order valence-electron chi connectivity index (χ4n) is 5.45. The van der Waals surface area contributed by atoms with Gasteiger partial charge in [-0.05, 0) is 68.9 Å². The molecule has 1 fully saturated rings. The molecule has 0 radical (unpaired) electrons. The average Bonchev–Trinajstić information content (AvgIpc) is 3.33. The van der Waals surface area contributed by atoms with Crippen molar-refractivity contribution in [3.05, 3.63) is 82.3 Å². The zero-order valence-electron chi connectivity index (χ0n) is 18.7. The zero-order chi connectivity index (χ0) is 22.9. The first-order valence-electron chi connectivity index (χ1n) is 11.7. The first-order chi connectivity index (χ1) is 16.0. The summed E-state index contributed by atoms with van der Waals surface area (Å²) >= 11 is 0. The zero-order valence-corrected chi connectivity index (χ0v) is 18.7. The second-order valence-electron chi connectivity index (χ2n) is 9.25. The van der Waals surface area contributed by atoms with Crippen LogP contribution in [-0.4, -0.2) is 17.9 Å². The summed E-state index contributed by atoms with van der Waals surface area (Å²) in [6, 6.07) is 9.87.